The molecule has 1 unspecified atom stereocenters. The fourth-order valence-electron chi connectivity index (χ4n) is 1.51. The first-order valence-electron chi connectivity index (χ1n) is 5.23. The lowest BCUT2D eigenvalue weighted by Crippen LogP contribution is -2.40. The molecule has 1 saturated heterocycles. The van der Waals surface area contributed by atoms with Crippen LogP contribution >= 0.6 is 0 Å². The van der Waals surface area contributed by atoms with Gasteiger partial charge in [0.05, 0.1) is 0 Å². The van der Waals surface area contributed by atoms with E-state index in [0.717, 1.165) is 0 Å². The van der Waals surface area contributed by atoms with Crippen molar-refractivity contribution in [3.05, 3.63) is 0 Å². The fourth-order valence-corrected chi connectivity index (χ4v) is 1.51. The minimum Gasteiger partial charge on any atom is -0.480 e. The standard InChI is InChI=1S/C10H18N2O4/c1-10(2,3)16-9(15)12-6-4-7(8(13)14)11-5-6/h6-7,11H,4-5H2,1-3H3,(H,12,15)(H,13,14)/t6?,7-/m0/s1. The summed E-state index contributed by atoms with van der Waals surface area (Å²) in [4.78, 5) is 22.0. The monoisotopic (exact) mass is 230 g/mol. The molecule has 1 amide bonds. The minimum absolute atomic E-state index is 0.184. The molecule has 92 valence electrons. The molecule has 1 aliphatic heterocycles. The van der Waals surface area contributed by atoms with Crippen molar-refractivity contribution in [3.8, 4) is 0 Å². The number of nitrogens with one attached hydrogen (secondary N) is 2. The molecule has 0 aromatic carbocycles. The van der Waals surface area contributed by atoms with Gasteiger partial charge in [0.2, 0.25) is 0 Å². The predicted octanol–water partition coefficient (Wildman–Crippen LogP) is 0.326. The third-order valence-electron chi connectivity index (χ3n) is 2.15. The van der Waals surface area contributed by atoms with Gasteiger partial charge in [0.15, 0.2) is 0 Å². The molecule has 6 nitrogen and oxygen atoms in total. The average molecular weight is 230 g/mol. The number of carbonyl (C=O) groups is 2. The normalized spacial score (nSPS) is 25.2. The Morgan fingerprint density at radius 2 is 2.06 bits per heavy atom. The number of amides is 1. The summed E-state index contributed by atoms with van der Waals surface area (Å²) in [6.45, 7) is 5.79. The molecule has 16 heavy (non-hydrogen) atoms. The molecule has 0 aliphatic carbocycles. The first-order valence-corrected chi connectivity index (χ1v) is 5.23. The van der Waals surface area contributed by atoms with Gasteiger partial charge in [-0.3, -0.25) is 4.79 Å². The van der Waals surface area contributed by atoms with Gasteiger partial charge in [-0.05, 0) is 27.2 Å². The number of aliphatic carboxylic acids is 1. The molecule has 0 aromatic rings. The second-order valence-electron chi connectivity index (χ2n) is 4.88. The number of rotatable bonds is 2. The first kappa shape index (κ1) is 12.8. The largest absolute Gasteiger partial charge is 0.480 e. The summed E-state index contributed by atoms with van der Waals surface area (Å²) in [5, 5.41) is 14.2. The van der Waals surface area contributed by atoms with Crippen molar-refractivity contribution in [2.24, 2.45) is 0 Å². The van der Waals surface area contributed by atoms with E-state index in [-0.39, 0.29) is 6.04 Å². The molecule has 1 fully saturated rings. The highest BCUT2D eigenvalue weighted by Gasteiger charge is 2.30. The van der Waals surface area contributed by atoms with E-state index < -0.39 is 23.7 Å². The van der Waals surface area contributed by atoms with Crippen LogP contribution < -0.4 is 10.6 Å². The summed E-state index contributed by atoms with van der Waals surface area (Å²) in [6.07, 6.45) is -0.125. The third kappa shape index (κ3) is 4.06. The summed E-state index contributed by atoms with van der Waals surface area (Å²) in [6, 6.07) is -0.768. The molecule has 3 N–H and O–H groups in total. The van der Waals surface area contributed by atoms with E-state index >= 15 is 0 Å². The number of alkyl carbamates (subject to hydrolysis) is 1. The van der Waals surface area contributed by atoms with Gasteiger partial charge in [0.1, 0.15) is 11.6 Å². The van der Waals surface area contributed by atoms with Crippen LogP contribution in [0.5, 0.6) is 0 Å². The van der Waals surface area contributed by atoms with Crippen LogP contribution in [0.2, 0.25) is 0 Å². The molecule has 6 heteroatoms. The molecule has 0 radical (unpaired) electrons. The Labute approximate surface area is 94.3 Å². The Balaban J connectivity index is 2.34. The number of ether oxygens (including phenoxy) is 1. The highest BCUT2D eigenvalue weighted by atomic mass is 16.6. The van der Waals surface area contributed by atoms with Crippen LogP contribution in [0, 0.1) is 0 Å². The van der Waals surface area contributed by atoms with Gasteiger partial charge >= 0.3 is 12.1 Å². The molecular weight excluding hydrogens is 212 g/mol. The third-order valence-corrected chi connectivity index (χ3v) is 2.15. The van der Waals surface area contributed by atoms with Gasteiger partial charge in [0, 0.05) is 12.6 Å². The van der Waals surface area contributed by atoms with Crippen LogP contribution in [-0.4, -0.2) is 41.4 Å². The molecule has 0 aromatic heterocycles. The van der Waals surface area contributed by atoms with Crippen molar-refractivity contribution in [1.82, 2.24) is 10.6 Å². The fraction of sp³-hybridized carbons (Fsp3) is 0.800. The maximum absolute atomic E-state index is 11.4. The van der Waals surface area contributed by atoms with E-state index in [0.29, 0.717) is 13.0 Å². The Kier molecular flexibility index (Phi) is 3.74. The predicted molar refractivity (Wildman–Crippen MR) is 57.2 cm³/mol. The van der Waals surface area contributed by atoms with Crippen molar-refractivity contribution in [2.45, 2.75) is 44.9 Å². The van der Waals surface area contributed by atoms with Crippen molar-refractivity contribution >= 4 is 12.1 Å². The molecule has 0 saturated carbocycles. The number of hydrogen-bond acceptors (Lipinski definition) is 4. The van der Waals surface area contributed by atoms with Crippen molar-refractivity contribution < 1.29 is 19.4 Å². The van der Waals surface area contributed by atoms with Gasteiger partial charge in [0.25, 0.3) is 0 Å². The number of hydrogen-bond donors (Lipinski definition) is 3. The van der Waals surface area contributed by atoms with E-state index in [2.05, 4.69) is 10.6 Å². The highest BCUT2D eigenvalue weighted by molar-refractivity contribution is 5.74. The molecule has 1 aliphatic rings. The molecule has 1 heterocycles. The lowest BCUT2D eigenvalue weighted by molar-refractivity contribution is -0.139. The lowest BCUT2D eigenvalue weighted by Gasteiger charge is -2.21. The smallest absolute Gasteiger partial charge is 0.407 e. The van der Waals surface area contributed by atoms with Crippen molar-refractivity contribution in [1.29, 1.82) is 0 Å². The summed E-state index contributed by atoms with van der Waals surface area (Å²) >= 11 is 0. The van der Waals surface area contributed by atoms with E-state index in [1.54, 1.807) is 20.8 Å². The molecular formula is C10H18N2O4. The van der Waals surface area contributed by atoms with Crippen LogP contribution in [0.25, 0.3) is 0 Å². The van der Waals surface area contributed by atoms with Crippen LogP contribution in [0.3, 0.4) is 0 Å². The zero-order valence-electron chi connectivity index (χ0n) is 9.74. The minimum atomic E-state index is -0.895. The van der Waals surface area contributed by atoms with Crippen molar-refractivity contribution in [2.75, 3.05) is 6.54 Å². The molecule has 2 atom stereocenters. The van der Waals surface area contributed by atoms with E-state index in [1.165, 1.54) is 0 Å². The number of carboxylic acids is 1. The van der Waals surface area contributed by atoms with Gasteiger partial charge in [-0.1, -0.05) is 0 Å². The average Bonchev–Trinajstić information content (AvgIpc) is 2.48. The highest BCUT2D eigenvalue weighted by Crippen LogP contribution is 2.10. The SMILES string of the molecule is CC(C)(C)OC(=O)NC1CN[C@H](C(=O)O)C1. The van der Waals surface area contributed by atoms with E-state index in [9.17, 15) is 9.59 Å². The number of carboxylic acid groups (broad SMARTS) is 1. The van der Waals surface area contributed by atoms with Gasteiger partial charge in [-0.15, -0.1) is 0 Å². The number of carbonyl (C=O) groups excluding carboxylic acids is 1. The quantitative estimate of drug-likeness (QED) is 0.636. The Bertz CT molecular complexity index is 285. The summed E-state index contributed by atoms with van der Waals surface area (Å²) < 4.78 is 5.07. The Morgan fingerprint density at radius 1 is 1.44 bits per heavy atom. The summed E-state index contributed by atoms with van der Waals surface area (Å²) in [5.74, 6) is -0.895. The first-order chi connectivity index (χ1) is 7.28. The molecule has 0 bridgehead atoms. The second kappa shape index (κ2) is 4.69. The molecule has 1 rings (SSSR count). The zero-order chi connectivity index (χ0) is 12.3. The topological polar surface area (TPSA) is 87.7 Å². The van der Waals surface area contributed by atoms with E-state index in [4.69, 9.17) is 9.84 Å². The van der Waals surface area contributed by atoms with Gasteiger partial charge < -0.3 is 20.5 Å². The van der Waals surface area contributed by atoms with Gasteiger partial charge in [-0.25, -0.2) is 4.79 Å². The van der Waals surface area contributed by atoms with Crippen molar-refractivity contribution in [3.63, 3.8) is 0 Å². The second-order valence-corrected chi connectivity index (χ2v) is 4.88. The maximum atomic E-state index is 11.4. The summed E-state index contributed by atoms with van der Waals surface area (Å²) in [5.41, 5.74) is -0.539. The Hall–Kier alpha value is -1.30. The summed E-state index contributed by atoms with van der Waals surface area (Å²) in [7, 11) is 0. The van der Waals surface area contributed by atoms with Gasteiger partial charge in [-0.2, -0.15) is 0 Å². The van der Waals surface area contributed by atoms with Crippen LogP contribution in [0.1, 0.15) is 27.2 Å². The van der Waals surface area contributed by atoms with E-state index in [1.807, 2.05) is 0 Å². The van der Waals surface area contributed by atoms with Crippen LogP contribution in [-0.2, 0) is 9.53 Å². The lowest BCUT2D eigenvalue weighted by atomic mass is 10.2. The molecule has 0 spiro atoms. The van der Waals surface area contributed by atoms with Crippen LogP contribution in [0.15, 0.2) is 0 Å². The van der Waals surface area contributed by atoms with Crippen LogP contribution in [0.4, 0.5) is 4.79 Å². The maximum Gasteiger partial charge on any atom is 0.407 e. The Morgan fingerprint density at radius 3 is 2.50 bits per heavy atom. The zero-order valence-corrected chi connectivity index (χ0v) is 9.74.